The standard InChI is InChI=1S/C48H58ClN11O8S/c1-26-27(2)69-47-39(26)40(30-14-16-31(49)17-15-30)54-32(42-58-57-28(3)60(42)47)22-36(61)51-23-34-43(64)50-18-20-68-25-38(63)56-41(48(4,5)6)46(67)59-19-10-13-35(59)45(66)52-24-37(62)53-33(44(65)55-34)21-29-11-8-7-9-12-29/h7-9,11-12,14-17,32-35,41H,10,13,18-25H2,1-6H3,(H,50,64)(H,51,61)(H,52,66)(H,53,62)(H,55,65)(H,56,63)/t32-,33+,34+,35-,41+/m0/s1. The van der Waals surface area contributed by atoms with Crippen LogP contribution in [0.1, 0.15) is 84.9 Å². The number of fused-ring (bicyclic) bond motifs is 4. The number of rotatable bonds is 7. The number of hydrogen-bond acceptors (Lipinski definition) is 12. The predicted molar refractivity (Wildman–Crippen MR) is 258 cm³/mol. The Morgan fingerprint density at radius 3 is 2.35 bits per heavy atom. The summed E-state index contributed by atoms with van der Waals surface area (Å²) in [6.45, 7) is 10.00. The number of aliphatic imine (C=N–C) groups is 1. The maximum absolute atomic E-state index is 14.2. The number of thiophene rings is 1. The van der Waals surface area contributed by atoms with Crippen molar-refractivity contribution in [2.24, 2.45) is 10.4 Å². The van der Waals surface area contributed by atoms with E-state index >= 15 is 0 Å². The maximum Gasteiger partial charge on any atom is 0.246 e. The van der Waals surface area contributed by atoms with E-state index in [2.05, 4.69) is 42.1 Å². The van der Waals surface area contributed by atoms with Gasteiger partial charge in [-0.3, -0.25) is 43.1 Å². The molecule has 2 aromatic heterocycles. The molecule has 2 aromatic carbocycles. The van der Waals surface area contributed by atoms with Crippen molar-refractivity contribution in [2.75, 3.05) is 39.4 Å². The molecule has 366 valence electrons. The molecule has 3 aliphatic rings. The summed E-state index contributed by atoms with van der Waals surface area (Å²) >= 11 is 7.85. The summed E-state index contributed by atoms with van der Waals surface area (Å²) in [7, 11) is 0. The molecule has 7 rings (SSSR count). The van der Waals surface area contributed by atoms with Crippen LogP contribution < -0.4 is 31.9 Å². The smallest absolute Gasteiger partial charge is 0.246 e. The quantitative estimate of drug-likeness (QED) is 0.158. The van der Waals surface area contributed by atoms with Crippen LogP contribution in [-0.4, -0.2) is 130 Å². The molecule has 19 nitrogen and oxygen atoms in total. The summed E-state index contributed by atoms with van der Waals surface area (Å²) < 4.78 is 7.51. The fourth-order valence-electron chi connectivity index (χ4n) is 8.52. The fourth-order valence-corrected chi connectivity index (χ4v) is 9.86. The van der Waals surface area contributed by atoms with Crippen molar-refractivity contribution in [1.82, 2.24) is 51.6 Å². The SMILES string of the molecule is Cc1sc2c(c1C)C(c1ccc(Cl)cc1)=N[C@@H](CC(=O)NC[C@H]1NC(=O)[C@@H](Cc3ccccc3)NC(=O)CNC(=O)[C@@H]3CCCN3C(=O)[C@H](C(C)(C)C)NC(=O)COCCNC1=O)c1nnc(C)n1-2. The van der Waals surface area contributed by atoms with Crippen LogP contribution in [0.4, 0.5) is 0 Å². The third-order valence-corrected chi connectivity index (χ3v) is 13.7. The van der Waals surface area contributed by atoms with Gasteiger partial charge in [0.25, 0.3) is 0 Å². The Morgan fingerprint density at radius 1 is 0.884 bits per heavy atom. The average molecular weight is 985 g/mol. The topological polar surface area (TPSA) is 247 Å². The third kappa shape index (κ3) is 12.0. The largest absolute Gasteiger partial charge is 0.370 e. The monoisotopic (exact) mass is 983 g/mol. The first-order valence-corrected chi connectivity index (χ1v) is 24.1. The molecule has 2 fully saturated rings. The Bertz CT molecular complexity index is 2630. The van der Waals surface area contributed by atoms with Crippen LogP contribution in [0.3, 0.4) is 0 Å². The molecule has 0 saturated carbocycles. The van der Waals surface area contributed by atoms with Crippen molar-refractivity contribution in [1.29, 1.82) is 0 Å². The number of carbonyl (C=O) groups is 7. The number of ether oxygens (including phenoxy) is 1. The lowest BCUT2D eigenvalue weighted by Gasteiger charge is -2.35. The second-order valence-corrected chi connectivity index (χ2v) is 20.0. The molecule has 69 heavy (non-hydrogen) atoms. The summed E-state index contributed by atoms with van der Waals surface area (Å²) in [6.07, 6.45) is 0.689. The molecular weight excluding hydrogens is 926 g/mol. The zero-order chi connectivity index (χ0) is 49.6. The van der Waals surface area contributed by atoms with E-state index in [1.807, 2.05) is 37.5 Å². The van der Waals surface area contributed by atoms with Crippen molar-refractivity contribution < 1.29 is 38.3 Å². The Labute approximate surface area is 409 Å². The number of nitrogens with one attached hydrogen (secondary N) is 6. The Morgan fingerprint density at radius 2 is 1.62 bits per heavy atom. The first kappa shape index (κ1) is 50.4. The van der Waals surface area contributed by atoms with Crippen LogP contribution in [0.2, 0.25) is 5.02 Å². The molecule has 4 aromatic rings. The molecule has 0 bridgehead atoms. The zero-order valence-electron chi connectivity index (χ0n) is 39.4. The van der Waals surface area contributed by atoms with Crippen molar-refractivity contribution >= 4 is 70.0 Å². The minimum Gasteiger partial charge on any atom is -0.370 e. The van der Waals surface area contributed by atoms with Gasteiger partial charge in [-0.2, -0.15) is 0 Å². The summed E-state index contributed by atoms with van der Waals surface area (Å²) in [6, 6.07) is 10.9. The Balaban J connectivity index is 1.13. The van der Waals surface area contributed by atoms with E-state index in [0.29, 0.717) is 40.8 Å². The molecule has 6 N–H and O–H groups in total. The van der Waals surface area contributed by atoms with Crippen LogP contribution in [0, 0.1) is 26.2 Å². The minimum atomic E-state index is -1.37. The number of benzene rings is 2. The zero-order valence-corrected chi connectivity index (χ0v) is 41.0. The normalized spacial score (nSPS) is 22.3. The lowest BCUT2D eigenvalue weighted by molar-refractivity contribution is -0.144. The van der Waals surface area contributed by atoms with E-state index in [9.17, 15) is 33.6 Å². The highest BCUT2D eigenvalue weighted by Gasteiger charge is 2.42. The molecule has 5 heterocycles. The van der Waals surface area contributed by atoms with E-state index < -0.39 is 90.1 Å². The van der Waals surface area contributed by atoms with Crippen molar-refractivity contribution in [3.05, 3.63) is 98.4 Å². The van der Waals surface area contributed by atoms with E-state index in [1.54, 1.807) is 74.6 Å². The van der Waals surface area contributed by atoms with Crippen molar-refractivity contribution in [3.8, 4) is 5.00 Å². The summed E-state index contributed by atoms with van der Waals surface area (Å²) in [5.41, 5.74) is 3.30. The molecular formula is C48H58ClN11O8S. The first-order chi connectivity index (χ1) is 32.9. The summed E-state index contributed by atoms with van der Waals surface area (Å²) in [5, 5.41) is 26.6. The van der Waals surface area contributed by atoms with E-state index in [1.165, 1.54) is 4.90 Å². The highest BCUT2D eigenvalue weighted by atomic mass is 35.5. The van der Waals surface area contributed by atoms with Gasteiger partial charge in [-0.05, 0) is 62.3 Å². The molecule has 0 radical (unpaired) electrons. The van der Waals surface area contributed by atoms with E-state index in [4.69, 9.17) is 21.3 Å². The predicted octanol–water partition coefficient (Wildman–Crippen LogP) is 2.30. The van der Waals surface area contributed by atoms with Crippen molar-refractivity contribution in [3.63, 3.8) is 0 Å². The fraction of sp³-hybridized carbons (Fsp3) is 0.458. The molecule has 5 atom stereocenters. The van der Waals surface area contributed by atoms with Crippen LogP contribution in [0.25, 0.3) is 5.00 Å². The molecule has 0 unspecified atom stereocenters. The number of aryl methyl sites for hydroxylation is 2. The van der Waals surface area contributed by atoms with Gasteiger partial charge in [0.15, 0.2) is 5.82 Å². The first-order valence-electron chi connectivity index (χ1n) is 22.9. The van der Waals surface area contributed by atoms with Gasteiger partial charge < -0.3 is 41.5 Å². The number of nitrogens with zero attached hydrogens (tertiary/aromatic N) is 5. The highest BCUT2D eigenvalue weighted by molar-refractivity contribution is 7.15. The van der Waals surface area contributed by atoms with Gasteiger partial charge >= 0.3 is 0 Å². The van der Waals surface area contributed by atoms with Gasteiger partial charge in [-0.25, -0.2) is 0 Å². The summed E-state index contributed by atoms with van der Waals surface area (Å²) in [5.74, 6) is -3.18. The van der Waals surface area contributed by atoms with Gasteiger partial charge in [0, 0.05) is 47.1 Å². The van der Waals surface area contributed by atoms with Crippen molar-refractivity contribution in [2.45, 2.75) is 97.4 Å². The molecule has 21 heteroatoms. The summed E-state index contributed by atoms with van der Waals surface area (Å²) in [4.78, 5) is 104. The number of halogens is 1. The Hall–Kier alpha value is -6.51. The molecule has 7 amide bonds. The Kier molecular flexibility index (Phi) is 15.9. The number of amides is 7. The lowest BCUT2D eigenvalue weighted by atomic mass is 9.85. The highest BCUT2D eigenvalue weighted by Crippen LogP contribution is 2.39. The lowest BCUT2D eigenvalue weighted by Crippen LogP contribution is -2.59. The second kappa shape index (κ2) is 21.8. The molecule has 0 aliphatic carbocycles. The van der Waals surface area contributed by atoms with Gasteiger partial charge in [-0.15, -0.1) is 21.5 Å². The third-order valence-electron chi connectivity index (χ3n) is 12.3. The molecule has 0 spiro atoms. The molecule has 2 saturated heterocycles. The number of aromatic nitrogens is 3. The minimum absolute atomic E-state index is 0.0151. The van der Waals surface area contributed by atoms with Crippen LogP contribution in [0.5, 0.6) is 0 Å². The molecule has 3 aliphatic heterocycles. The number of carbonyl (C=O) groups excluding carboxylic acids is 7. The maximum atomic E-state index is 14.2. The van der Waals surface area contributed by atoms with E-state index in [-0.39, 0.29) is 39.1 Å². The van der Waals surface area contributed by atoms with Gasteiger partial charge in [0.2, 0.25) is 41.4 Å². The van der Waals surface area contributed by atoms with Gasteiger partial charge in [-0.1, -0.05) is 74.8 Å². The van der Waals surface area contributed by atoms with Crippen LogP contribution in [-0.2, 0) is 44.7 Å². The van der Waals surface area contributed by atoms with Gasteiger partial charge in [0.05, 0.1) is 25.3 Å². The average Bonchev–Trinajstić information content (AvgIpc) is 4.01. The van der Waals surface area contributed by atoms with Gasteiger partial charge in [0.1, 0.15) is 47.6 Å². The second-order valence-electron chi connectivity index (χ2n) is 18.4. The number of hydrogen-bond donors (Lipinski definition) is 6. The van der Waals surface area contributed by atoms with Crippen LogP contribution in [0.15, 0.2) is 59.6 Å². The van der Waals surface area contributed by atoms with Crippen LogP contribution >= 0.6 is 22.9 Å². The van der Waals surface area contributed by atoms with E-state index in [0.717, 1.165) is 26.6 Å².